The van der Waals surface area contributed by atoms with Gasteiger partial charge in [-0.3, -0.25) is 4.79 Å². The van der Waals surface area contributed by atoms with Gasteiger partial charge in [0.1, 0.15) is 11.5 Å². The summed E-state index contributed by atoms with van der Waals surface area (Å²) in [6.07, 6.45) is 5.57. The van der Waals surface area contributed by atoms with Crippen molar-refractivity contribution in [3.05, 3.63) is 17.5 Å². The van der Waals surface area contributed by atoms with Crippen LogP contribution in [0.4, 0.5) is 0 Å². The number of rotatable bonds is 3. The van der Waals surface area contributed by atoms with Crippen LogP contribution in [0, 0.1) is 24.7 Å². The van der Waals surface area contributed by atoms with Gasteiger partial charge in [-0.25, -0.2) is 0 Å². The van der Waals surface area contributed by atoms with Crippen molar-refractivity contribution < 1.29 is 9.32 Å². The highest BCUT2D eigenvalue weighted by Crippen LogP contribution is 2.42. The lowest BCUT2D eigenvalue weighted by atomic mass is 9.65. The molecule has 3 rings (SSSR count). The number of carbonyl (C=O) groups excluding carboxylic acids is 1. The summed E-state index contributed by atoms with van der Waals surface area (Å²) in [5, 5.41) is 3.96. The molecule has 0 radical (unpaired) electrons. The van der Waals surface area contributed by atoms with Crippen molar-refractivity contribution >= 4 is 18.3 Å². The van der Waals surface area contributed by atoms with Crippen LogP contribution in [-0.4, -0.2) is 29.1 Å². The number of amides is 1. The number of hydrogen-bond acceptors (Lipinski definition) is 4. The van der Waals surface area contributed by atoms with Crippen LogP contribution >= 0.6 is 12.4 Å². The van der Waals surface area contributed by atoms with E-state index in [0.717, 1.165) is 24.3 Å². The lowest BCUT2D eigenvalue weighted by Crippen LogP contribution is -2.49. The van der Waals surface area contributed by atoms with Crippen molar-refractivity contribution in [3.63, 3.8) is 0 Å². The summed E-state index contributed by atoms with van der Waals surface area (Å²) >= 11 is 0. The third kappa shape index (κ3) is 3.46. The molecule has 0 aromatic carbocycles. The van der Waals surface area contributed by atoms with Crippen LogP contribution in [0.1, 0.15) is 43.6 Å². The van der Waals surface area contributed by atoms with Crippen molar-refractivity contribution in [2.24, 2.45) is 23.5 Å². The summed E-state index contributed by atoms with van der Waals surface area (Å²) in [4.78, 5) is 14.5. The van der Waals surface area contributed by atoms with E-state index in [9.17, 15) is 4.79 Å². The highest BCUT2D eigenvalue weighted by atomic mass is 35.5. The predicted molar refractivity (Wildman–Crippen MR) is 86.5 cm³/mol. The molecule has 124 valence electrons. The molecule has 1 heterocycles. The van der Waals surface area contributed by atoms with E-state index in [1.807, 2.05) is 20.0 Å². The second-order valence-electron chi connectivity index (χ2n) is 6.82. The van der Waals surface area contributed by atoms with E-state index in [4.69, 9.17) is 10.3 Å². The van der Waals surface area contributed by atoms with Crippen LogP contribution in [-0.2, 0) is 11.3 Å². The van der Waals surface area contributed by atoms with E-state index in [0.29, 0.717) is 24.4 Å². The Balaban J connectivity index is 0.00000176. The number of halogens is 1. The lowest BCUT2D eigenvalue weighted by molar-refractivity contribution is -0.137. The number of fused-ring (bicyclic) bond motifs is 2. The van der Waals surface area contributed by atoms with Gasteiger partial charge in [-0.05, 0) is 44.4 Å². The smallest absolute Gasteiger partial charge is 0.225 e. The number of hydrogen-bond donors (Lipinski definition) is 1. The largest absolute Gasteiger partial charge is 0.361 e. The van der Waals surface area contributed by atoms with Gasteiger partial charge in [0.2, 0.25) is 5.91 Å². The van der Waals surface area contributed by atoms with Gasteiger partial charge in [-0.15, -0.1) is 12.4 Å². The maximum absolute atomic E-state index is 12.7. The monoisotopic (exact) mass is 327 g/mol. The molecule has 0 saturated heterocycles. The van der Waals surface area contributed by atoms with Crippen LogP contribution in [0.5, 0.6) is 0 Å². The average Bonchev–Trinajstić information content (AvgIpc) is 2.83. The molecule has 2 N–H and O–H groups in total. The third-order valence-corrected chi connectivity index (χ3v) is 5.21. The Kier molecular flexibility index (Phi) is 5.50. The zero-order chi connectivity index (χ0) is 15.0. The Morgan fingerprint density at radius 3 is 2.59 bits per heavy atom. The van der Waals surface area contributed by atoms with Crippen LogP contribution in [0.25, 0.3) is 0 Å². The molecule has 22 heavy (non-hydrogen) atoms. The minimum absolute atomic E-state index is 0. The number of aromatic nitrogens is 1. The lowest BCUT2D eigenvalue weighted by Gasteiger charge is -2.44. The van der Waals surface area contributed by atoms with Gasteiger partial charge in [-0.1, -0.05) is 11.6 Å². The third-order valence-electron chi connectivity index (χ3n) is 5.21. The van der Waals surface area contributed by atoms with Crippen molar-refractivity contribution in [2.75, 3.05) is 7.05 Å². The van der Waals surface area contributed by atoms with Gasteiger partial charge in [0.15, 0.2) is 0 Å². The van der Waals surface area contributed by atoms with Gasteiger partial charge >= 0.3 is 0 Å². The first-order valence-corrected chi connectivity index (χ1v) is 7.97. The molecule has 0 spiro atoms. The number of nitrogens with two attached hydrogens (primary N) is 1. The molecule has 5 nitrogen and oxygen atoms in total. The van der Waals surface area contributed by atoms with Crippen LogP contribution < -0.4 is 5.73 Å². The highest BCUT2D eigenvalue weighted by Gasteiger charge is 2.41. The Morgan fingerprint density at radius 2 is 2.05 bits per heavy atom. The molecule has 2 aliphatic carbocycles. The van der Waals surface area contributed by atoms with Crippen molar-refractivity contribution in [1.82, 2.24) is 10.1 Å². The first kappa shape index (κ1) is 17.3. The zero-order valence-corrected chi connectivity index (χ0v) is 14.1. The Labute approximate surface area is 138 Å². The second-order valence-corrected chi connectivity index (χ2v) is 6.82. The fourth-order valence-electron chi connectivity index (χ4n) is 4.12. The van der Waals surface area contributed by atoms with E-state index in [1.165, 1.54) is 19.3 Å². The minimum Gasteiger partial charge on any atom is -0.361 e. The molecule has 0 aliphatic heterocycles. The summed E-state index contributed by atoms with van der Waals surface area (Å²) in [7, 11) is 1.86. The molecule has 6 heteroatoms. The summed E-state index contributed by atoms with van der Waals surface area (Å²) in [6.45, 7) is 2.39. The van der Waals surface area contributed by atoms with Crippen LogP contribution in [0.2, 0.25) is 0 Å². The molecule has 1 aromatic rings. The normalized spacial score (nSPS) is 30.5. The van der Waals surface area contributed by atoms with E-state index in [1.54, 1.807) is 4.90 Å². The Morgan fingerprint density at radius 1 is 1.41 bits per heavy atom. The molecular weight excluding hydrogens is 302 g/mol. The minimum atomic E-state index is 0. The fourth-order valence-corrected chi connectivity index (χ4v) is 4.12. The molecule has 2 fully saturated rings. The van der Waals surface area contributed by atoms with Gasteiger partial charge in [0.25, 0.3) is 0 Å². The SMILES string of the molecule is Cc1cc(CN(C)C(=O)C2CC3CCCC(C2)C3N)no1.Cl. The van der Waals surface area contributed by atoms with Gasteiger partial charge in [-0.2, -0.15) is 0 Å². The molecule has 1 amide bonds. The van der Waals surface area contributed by atoms with Crippen LogP contribution in [0.15, 0.2) is 10.6 Å². The molecular formula is C16H26ClN3O2. The van der Waals surface area contributed by atoms with Crippen molar-refractivity contribution in [3.8, 4) is 0 Å². The first-order chi connectivity index (χ1) is 10.0. The maximum atomic E-state index is 12.7. The predicted octanol–water partition coefficient (Wildman–Crippen LogP) is 2.52. The summed E-state index contributed by atoms with van der Waals surface area (Å²) in [5.41, 5.74) is 7.12. The van der Waals surface area contributed by atoms with E-state index in [2.05, 4.69) is 5.16 Å². The Hall–Kier alpha value is -1.07. The molecule has 2 saturated carbocycles. The first-order valence-electron chi connectivity index (χ1n) is 7.97. The van der Waals surface area contributed by atoms with Crippen molar-refractivity contribution in [1.29, 1.82) is 0 Å². The van der Waals surface area contributed by atoms with E-state index >= 15 is 0 Å². The number of aryl methyl sites for hydroxylation is 1. The maximum Gasteiger partial charge on any atom is 0.225 e. The molecule has 2 aliphatic rings. The molecule has 2 bridgehead atoms. The van der Waals surface area contributed by atoms with Crippen molar-refractivity contribution in [2.45, 2.75) is 51.6 Å². The summed E-state index contributed by atoms with van der Waals surface area (Å²) in [5.74, 6) is 2.23. The van der Waals surface area contributed by atoms with E-state index < -0.39 is 0 Å². The summed E-state index contributed by atoms with van der Waals surface area (Å²) in [6, 6.07) is 2.20. The fraction of sp³-hybridized carbons (Fsp3) is 0.750. The van der Waals surface area contributed by atoms with Gasteiger partial charge in [0, 0.05) is 25.1 Å². The van der Waals surface area contributed by atoms with E-state index in [-0.39, 0.29) is 24.2 Å². The standard InChI is InChI=1S/C16H25N3O2.ClH/c1-10-6-14(18-21-10)9-19(2)16(20)13-7-11-4-3-5-12(8-13)15(11)17;/h6,11-13,15H,3-5,7-9,17H2,1-2H3;1H. The molecule has 2 atom stereocenters. The second kappa shape index (κ2) is 7.01. The molecule has 2 unspecified atom stereocenters. The number of nitrogens with zero attached hydrogens (tertiary/aromatic N) is 2. The molecule has 1 aromatic heterocycles. The van der Waals surface area contributed by atoms with Gasteiger partial charge < -0.3 is 15.2 Å². The van der Waals surface area contributed by atoms with Gasteiger partial charge in [0.05, 0.1) is 6.54 Å². The van der Waals surface area contributed by atoms with Crippen LogP contribution in [0.3, 0.4) is 0 Å². The quantitative estimate of drug-likeness (QED) is 0.925. The zero-order valence-electron chi connectivity index (χ0n) is 13.3. The average molecular weight is 328 g/mol. The number of carbonyl (C=O) groups is 1. The topological polar surface area (TPSA) is 72.4 Å². The Bertz CT molecular complexity index is 505. The summed E-state index contributed by atoms with van der Waals surface area (Å²) < 4.78 is 5.06. The highest BCUT2D eigenvalue weighted by molar-refractivity contribution is 5.85.